The number of likely N-dealkylation sites (tertiary alicyclic amines) is 1. The van der Waals surface area contributed by atoms with E-state index in [2.05, 4.69) is 50.2 Å². The molecule has 1 unspecified atom stereocenters. The maximum atomic E-state index is 10.6. The fourth-order valence-electron chi connectivity index (χ4n) is 4.98. The average molecular weight is 381 g/mol. The van der Waals surface area contributed by atoms with Crippen molar-refractivity contribution in [2.24, 2.45) is 0 Å². The second kappa shape index (κ2) is 10.1. The second-order valence-corrected chi connectivity index (χ2v) is 8.82. The molecule has 1 aliphatic heterocycles. The molecule has 0 amide bonds. The standard InChI is InChI=1S/C26H37NO/c1-3-4-9-17-27(18-10-6-11-19-27)20-16-24(23-12-7-5-8-13-23)25-21-22(2)14-15-26(25)28/h5,7-8,12-15,21,24H,3-4,6,9-11,16-20H2,1-2H3/p+1. The summed E-state index contributed by atoms with van der Waals surface area (Å²) in [6.07, 6.45) is 9.24. The summed E-state index contributed by atoms with van der Waals surface area (Å²) in [6, 6.07) is 16.8. The minimum absolute atomic E-state index is 0.268. The van der Waals surface area contributed by atoms with E-state index in [1.54, 1.807) is 0 Å². The monoisotopic (exact) mass is 380 g/mol. The van der Waals surface area contributed by atoms with E-state index in [0.29, 0.717) is 5.75 Å². The summed E-state index contributed by atoms with van der Waals surface area (Å²) in [5.41, 5.74) is 3.64. The molecule has 28 heavy (non-hydrogen) atoms. The molecule has 2 aromatic carbocycles. The highest BCUT2D eigenvalue weighted by Gasteiger charge is 2.31. The van der Waals surface area contributed by atoms with Gasteiger partial charge in [-0.2, -0.15) is 0 Å². The van der Waals surface area contributed by atoms with Crippen LogP contribution in [0, 0.1) is 6.92 Å². The van der Waals surface area contributed by atoms with Gasteiger partial charge in [-0.3, -0.25) is 0 Å². The summed E-state index contributed by atoms with van der Waals surface area (Å²) in [5, 5.41) is 10.6. The molecule has 1 N–H and O–H groups in total. The SMILES string of the molecule is CCCCC[N+]1(CCC(c2ccccc2)c2cc(C)ccc2O)CCCCC1. The zero-order chi connectivity index (χ0) is 19.8. The molecule has 2 heteroatoms. The predicted octanol–water partition coefficient (Wildman–Crippen LogP) is 6.41. The summed E-state index contributed by atoms with van der Waals surface area (Å²) < 4.78 is 1.29. The summed E-state index contributed by atoms with van der Waals surface area (Å²) in [7, 11) is 0. The van der Waals surface area contributed by atoms with Crippen LogP contribution >= 0.6 is 0 Å². The maximum Gasteiger partial charge on any atom is 0.119 e. The van der Waals surface area contributed by atoms with Gasteiger partial charge < -0.3 is 9.59 Å². The number of unbranched alkanes of at least 4 members (excludes halogenated alkanes) is 2. The van der Waals surface area contributed by atoms with E-state index in [0.717, 1.165) is 12.0 Å². The van der Waals surface area contributed by atoms with Crippen LogP contribution in [0.2, 0.25) is 0 Å². The van der Waals surface area contributed by atoms with Crippen LogP contribution in [0.1, 0.15) is 74.5 Å². The van der Waals surface area contributed by atoms with Crippen molar-refractivity contribution >= 4 is 0 Å². The first-order chi connectivity index (χ1) is 13.6. The number of hydrogen-bond donors (Lipinski definition) is 1. The highest BCUT2D eigenvalue weighted by molar-refractivity contribution is 5.43. The molecule has 1 saturated heterocycles. The number of aryl methyl sites for hydroxylation is 1. The lowest BCUT2D eigenvalue weighted by molar-refractivity contribution is -0.933. The van der Waals surface area contributed by atoms with Crippen molar-refractivity contribution < 1.29 is 9.59 Å². The number of piperidine rings is 1. The van der Waals surface area contributed by atoms with Crippen LogP contribution in [0.3, 0.4) is 0 Å². The van der Waals surface area contributed by atoms with Gasteiger partial charge in [0, 0.05) is 17.9 Å². The molecule has 0 radical (unpaired) electrons. The number of nitrogens with zero attached hydrogens (tertiary/aromatic N) is 1. The Morgan fingerprint density at radius 3 is 2.39 bits per heavy atom. The molecule has 0 aliphatic carbocycles. The molecule has 2 nitrogen and oxygen atoms in total. The molecule has 152 valence electrons. The van der Waals surface area contributed by atoms with E-state index in [1.807, 2.05) is 12.1 Å². The zero-order valence-corrected chi connectivity index (χ0v) is 17.9. The highest BCUT2D eigenvalue weighted by Crippen LogP contribution is 2.36. The van der Waals surface area contributed by atoms with Crippen molar-refractivity contribution in [3.05, 3.63) is 65.2 Å². The van der Waals surface area contributed by atoms with Crippen LogP contribution in [0.15, 0.2) is 48.5 Å². The number of rotatable bonds is 9. The Hall–Kier alpha value is -1.80. The molecule has 1 aliphatic rings. The van der Waals surface area contributed by atoms with Crippen molar-refractivity contribution in [2.75, 3.05) is 26.2 Å². The first-order valence-corrected chi connectivity index (χ1v) is 11.3. The van der Waals surface area contributed by atoms with E-state index in [4.69, 9.17) is 0 Å². The van der Waals surface area contributed by atoms with Crippen LogP contribution < -0.4 is 0 Å². The quantitative estimate of drug-likeness (QED) is 0.393. The summed E-state index contributed by atoms with van der Waals surface area (Å²) in [5.74, 6) is 0.708. The van der Waals surface area contributed by atoms with Gasteiger partial charge >= 0.3 is 0 Å². The number of phenols is 1. The number of benzene rings is 2. The zero-order valence-electron chi connectivity index (χ0n) is 17.9. The molecular formula is C26H38NO+. The molecule has 1 heterocycles. The van der Waals surface area contributed by atoms with Crippen molar-refractivity contribution in [2.45, 2.75) is 64.7 Å². The van der Waals surface area contributed by atoms with E-state index in [9.17, 15) is 5.11 Å². The first-order valence-electron chi connectivity index (χ1n) is 11.3. The Labute approximate surface area is 171 Å². The number of hydrogen-bond acceptors (Lipinski definition) is 1. The minimum Gasteiger partial charge on any atom is -0.508 e. The van der Waals surface area contributed by atoms with Crippen LogP contribution in [0.5, 0.6) is 5.75 Å². The molecule has 0 saturated carbocycles. The fourth-order valence-corrected chi connectivity index (χ4v) is 4.98. The summed E-state index contributed by atoms with van der Waals surface area (Å²) in [6.45, 7) is 9.64. The van der Waals surface area contributed by atoms with Crippen LogP contribution in [0.25, 0.3) is 0 Å². The molecule has 1 fully saturated rings. The highest BCUT2D eigenvalue weighted by atomic mass is 16.3. The fraction of sp³-hybridized carbons (Fsp3) is 0.538. The van der Waals surface area contributed by atoms with Crippen molar-refractivity contribution in [3.8, 4) is 5.75 Å². The van der Waals surface area contributed by atoms with Gasteiger partial charge in [0.1, 0.15) is 5.75 Å². The molecule has 1 atom stereocenters. The third kappa shape index (κ3) is 5.38. The van der Waals surface area contributed by atoms with E-state index in [1.165, 1.54) is 80.3 Å². The molecule has 0 spiro atoms. The Bertz CT molecular complexity index is 718. The Kier molecular flexibility index (Phi) is 7.56. The molecule has 3 rings (SSSR count). The van der Waals surface area contributed by atoms with Gasteiger partial charge in [-0.15, -0.1) is 0 Å². The lowest BCUT2D eigenvalue weighted by atomic mass is 9.86. The Morgan fingerprint density at radius 1 is 0.929 bits per heavy atom. The Morgan fingerprint density at radius 2 is 1.68 bits per heavy atom. The Balaban J connectivity index is 1.83. The van der Waals surface area contributed by atoms with Gasteiger partial charge in [0.05, 0.1) is 26.2 Å². The third-order valence-corrected chi connectivity index (χ3v) is 6.65. The van der Waals surface area contributed by atoms with Gasteiger partial charge in [0.25, 0.3) is 0 Å². The van der Waals surface area contributed by atoms with Gasteiger partial charge in [-0.05, 0) is 50.7 Å². The number of phenolic OH excluding ortho intramolecular Hbond substituents is 1. The van der Waals surface area contributed by atoms with Crippen molar-refractivity contribution in [3.63, 3.8) is 0 Å². The largest absolute Gasteiger partial charge is 0.508 e. The summed E-state index contributed by atoms with van der Waals surface area (Å²) in [4.78, 5) is 0. The number of aromatic hydroxyl groups is 1. The van der Waals surface area contributed by atoms with Crippen LogP contribution in [0.4, 0.5) is 0 Å². The van der Waals surface area contributed by atoms with Gasteiger partial charge in [0.2, 0.25) is 0 Å². The van der Waals surface area contributed by atoms with E-state index < -0.39 is 0 Å². The number of quaternary nitrogens is 1. The van der Waals surface area contributed by atoms with Crippen molar-refractivity contribution in [1.29, 1.82) is 0 Å². The third-order valence-electron chi connectivity index (χ3n) is 6.65. The smallest absolute Gasteiger partial charge is 0.119 e. The van der Waals surface area contributed by atoms with Gasteiger partial charge in [-0.25, -0.2) is 0 Å². The average Bonchev–Trinajstić information content (AvgIpc) is 2.72. The van der Waals surface area contributed by atoms with E-state index >= 15 is 0 Å². The lowest BCUT2D eigenvalue weighted by Gasteiger charge is -2.42. The van der Waals surface area contributed by atoms with Crippen molar-refractivity contribution in [1.82, 2.24) is 0 Å². The lowest BCUT2D eigenvalue weighted by Crippen LogP contribution is -2.52. The van der Waals surface area contributed by atoms with Gasteiger partial charge in [0.15, 0.2) is 0 Å². The van der Waals surface area contributed by atoms with E-state index in [-0.39, 0.29) is 5.92 Å². The van der Waals surface area contributed by atoms with Crippen LogP contribution in [-0.4, -0.2) is 35.8 Å². The predicted molar refractivity (Wildman–Crippen MR) is 119 cm³/mol. The normalized spacial score (nSPS) is 17.4. The summed E-state index contributed by atoms with van der Waals surface area (Å²) >= 11 is 0. The maximum absolute atomic E-state index is 10.6. The minimum atomic E-state index is 0.268. The first kappa shape index (κ1) is 20.9. The second-order valence-electron chi connectivity index (χ2n) is 8.82. The van der Waals surface area contributed by atoms with Gasteiger partial charge in [-0.1, -0.05) is 61.4 Å². The molecule has 0 aromatic heterocycles. The molecule has 2 aromatic rings. The van der Waals surface area contributed by atoms with Crippen LogP contribution in [-0.2, 0) is 0 Å². The molecular weight excluding hydrogens is 342 g/mol. The topological polar surface area (TPSA) is 20.2 Å². The molecule has 0 bridgehead atoms.